The molecule has 0 unspecified atom stereocenters. The Morgan fingerprint density at radius 3 is 2.42 bits per heavy atom. The molecule has 0 saturated carbocycles. The molecule has 10 nitrogen and oxygen atoms in total. The molecule has 0 spiro atoms. The topological polar surface area (TPSA) is 141 Å². The Kier molecular flexibility index (Phi) is 6.45. The average molecular weight is 427 g/mol. The SMILES string of the molecule is CNC(=O)/C(=N/OC)c1ccccc1Oc1ncnc(Oc2cccc(N)c2O)c1F. The number of aromatic hydroxyl groups is 1. The molecule has 0 bridgehead atoms. The van der Waals surface area contributed by atoms with Gasteiger partial charge in [0, 0.05) is 7.05 Å². The fraction of sp³-hybridized carbons (Fsp3) is 0.100. The molecule has 0 fully saturated rings. The first-order chi connectivity index (χ1) is 15.0. The van der Waals surface area contributed by atoms with Crippen LogP contribution in [0.25, 0.3) is 0 Å². The van der Waals surface area contributed by atoms with Gasteiger partial charge in [-0.25, -0.2) is 0 Å². The third-order valence-corrected chi connectivity index (χ3v) is 3.94. The highest BCUT2D eigenvalue weighted by Gasteiger charge is 2.22. The van der Waals surface area contributed by atoms with Gasteiger partial charge in [-0.05, 0) is 24.3 Å². The number of hydrogen-bond donors (Lipinski definition) is 3. The largest absolute Gasteiger partial charge is 0.503 e. The molecule has 0 aliphatic rings. The van der Waals surface area contributed by atoms with Gasteiger partial charge in [0.05, 0.1) is 11.3 Å². The maximum Gasteiger partial charge on any atom is 0.273 e. The maximum atomic E-state index is 15.0. The number of nitrogens with zero attached hydrogens (tertiary/aromatic N) is 3. The monoisotopic (exact) mass is 427 g/mol. The summed E-state index contributed by atoms with van der Waals surface area (Å²) in [4.78, 5) is 24.4. The van der Waals surface area contributed by atoms with Crippen LogP contribution in [0.2, 0.25) is 0 Å². The lowest BCUT2D eigenvalue weighted by atomic mass is 10.1. The van der Waals surface area contributed by atoms with Crippen molar-refractivity contribution in [3.05, 3.63) is 60.2 Å². The molecule has 1 heterocycles. The minimum absolute atomic E-state index is 0.0523. The van der Waals surface area contributed by atoms with Crippen LogP contribution in [0.5, 0.6) is 29.0 Å². The number of para-hydroxylation sites is 2. The first kappa shape index (κ1) is 21.3. The highest BCUT2D eigenvalue weighted by atomic mass is 19.1. The van der Waals surface area contributed by atoms with Crippen LogP contribution in [0.1, 0.15) is 5.56 Å². The van der Waals surface area contributed by atoms with Crippen LogP contribution in [-0.2, 0) is 9.63 Å². The van der Waals surface area contributed by atoms with Crippen LogP contribution in [0.3, 0.4) is 0 Å². The number of halogens is 1. The molecule has 0 atom stereocenters. The lowest BCUT2D eigenvalue weighted by Crippen LogP contribution is -2.28. The standard InChI is InChI=1S/C20H18FN5O5/c1-23-18(28)16(26-29-2)11-6-3-4-8-13(11)30-19-15(21)20(25-10-24-19)31-14-9-5-7-12(22)17(14)27/h3-10,27H,22H2,1-2H3,(H,23,28)/b26-16+. The second kappa shape index (κ2) is 9.39. The fourth-order valence-electron chi connectivity index (χ4n) is 2.48. The van der Waals surface area contributed by atoms with Crippen molar-refractivity contribution >= 4 is 17.3 Å². The second-order valence-electron chi connectivity index (χ2n) is 5.89. The first-order valence-corrected chi connectivity index (χ1v) is 8.82. The molecule has 0 aliphatic heterocycles. The van der Waals surface area contributed by atoms with Crippen molar-refractivity contribution < 1.29 is 28.6 Å². The van der Waals surface area contributed by atoms with Gasteiger partial charge in [0.1, 0.15) is 19.2 Å². The number of hydrogen-bond acceptors (Lipinski definition) is 9. The first-order valence-electron chi connectivity index (χ1n) is 8.82. The predicted octanol–water partition coefficient (Wildman–Crippen LogP) is 2.58. The number of benzene rings is 2. The minimum Gasteiger partial charge on any atom is -0.503 e. The van der Waals surface area contributed by atoms with Crippen molar-refractivity contribution in [3.63, 3.8) is 0 Å². The Hall–Kier alpha value is -4.41. The average Bonchev–Trinajstić information content (AvgIpc) is 2.78. The van der Waals surface area contributed by atoms with E-state index in [9.17, 15) is 14.3 Å². The molecule has 160 valence electrons. The minimum atomic E-state index is -1.04. The Bertz CT molecular complexity index is 1140. The van der Waals surface area contributed by atoms with E-state index in [-0.39, 0.29) is 34.2 Å². The Morgan fingerprint density at radius 2 is 1.74 bits per heavy atom. The molecule has 1 aromatic heterocycles. The van der Waals surface area contributed by atoms with Gasteiger partial charge in [0.2, 0.25) is 5.82 Å². The van der Waals surface area contributed by atoms with Crippen molar-refractivity contribution in [2.75, 3.05) is 19.9 Å². The van der Waals surface area contributed by atoms with Gasteiger partial charge in [-0.2, -0.15) is 14.4 Å². The van der Waals surface area contributed by atoms with E-state index in [4.69, 9.17) is 20.0 Å². The molecule has 0 aliphatic carbocycles. The van der Waals surface area contributed by atoms with Gasteiger partial charge >= 0.3 is 0 Å². The quantitative estimate of drug-likeness (QED) is 0.226. The number of phenolic OH excluding ortho intramolecular Hbond substituents is 1. The van der Waals surface area contributed by atoms with Crippen LogP contribution >= 0.6 is 0 Å². The van der Waals surface area contributed by atoms with E-state index in [0.717, 1.165) is 6.33 Å². The lowest BCUT2D eigenvalue weighted by Gasteiger charge is -2.13. The number of nitrogens with one attached hydrogen (secondary N) is 1. The molecular formula is C20H18FN5O5. The zero-order valence-corrected chi connectivity index (χ0v) is 16.5. The van der Waals surface area contributed by atoms with Crippen LogP contribution in [0.15, 0.2) is 53.9 Å². The highest BCUT2D eigenvalue weighted by molar-refractivity contribution is 6.45. The smallest absolute Gasteiger partial charge is 0.273 e. The third-order valence-electron chi connectivity index (χ3n) is 3.94. The zero-order valence-electron chi connectivity index (χ0n) is 16.5. The number of rotatable bonds is 7. The van der Waals surface area contributed by atoms with E-state index in [1.807, 2.05) is 0 Å². The third kappa shape index (κ3) is 4.61. The van der Waals surface area contributed by atoms with E-state index in [2.05, 4.69) is 20.4 Å². The van der Waals surface area contributed by atoms with Crippen molar-refractivity contribution in [1.29, 1.82) is 0 Å². The Morgan fingerprint density at radius 1 is 1.10 bits per heavy atom. The summed E-state index contributed by atoms with van der Waals surface area (Å²) in [5.74, 6) is -2.93. The summed E-state index contributed by atoms with van der Waals surface area (Å²) in [7, 11) is 2.71. The van der Waals surface area contributed by atoms with Crippen molar-refractivity contribution in [2.45, 2.75) is 0 Å². The predicted molar refractivity (Wildman–Crippen MR) is 109 cm³/mol. The number of anilines is 1. The normalized spacial score (nSPS) is 11.0. The molecule has 3 rings (SSSR count). The summed E-state index contributed by atoms with van der Waals surface area (Å²) >= 11 is 0. The molecule has 1 amide bonds. The van der Waals surface area contributed by atoms with E-state index >= 15 is 0 Å². The summed E-state index contributed by atoms with van der Waals surface area (Å²) in [6, 6.07) is 10.7. The van der Waals surface area contributed by atoms with Gasteiger partial charge in [-0.15, -0.1) is 0 Å². The number of aromatic nitrogens is 2. The summed E-state index contributed by atoms with van der Waals surface area (Å²) in [5.41, 5.74) is 5.81. The molecule has 2 aromatic carbocycles. The number of likely N-dealkylation sites (N-methyl/N-ethyl adjacent to an activating group) is 1. The molecular weight excluding hydrogens is 409 g/mol. The van der Waals surface area contributed by atoms with Gasteiger partial charge < -0.3 is 30.5 Å². The number of oxime groups is 1. The molecule has 3 aromatic rings. The van der Waals surface area contributed by atoms with E-state index in [1.54, 1.807) is 18.2 Å². The van der Waals surface area contributed by atoms with Crippen molar-refractivity contribution in [1.82, 2.24) is 15.3 Å². The van der Waals surface area contributed by atoms with Gasteiger partial charge in [-0.3, -0.25) is 4.79 Å². The zero-order chi connectivity index (χ0) is 22.4. The summed E-state index contributed by atoms with van der Waals surface area (Å²) in [6.07, 6.45) is 1.02. The Balaban J connectivity index is 1.96. The summed E-state index contributed by atoms with van der Waals surface area (Å²) in [5, 5.41) is 16.1. The van der Waals surface area contributed by atoms with Crippen LogP contribution < -0.4 is 20.5 Å². The Labute approximate surface area is 176 Å². The van der Waals surface area contributed by atoms with Crippen LogP contribution in [-0.4, -0.2) is 40.9 Å². The molecule has 0 saturated heterocycles. The number of phenols is 1. The number of carbonyl (C=O) groups is 1. The molecule has 31 heavy (non-hydrogen) atoms. The second-order valence-corrected chi connectivity index (χ2v) is 5.89. The van der Waals surface area contributed by atoms with Gasteiger partial charge in [0.25, 0.3) is 17.7 Å². The van der Waals surface area contributed by atoms with E-state index < -0.39 is 23.5 Å². The van der Waals surface area contributed by atoms with Crippen LogP contribution in [0.4, 0.5) is 10.1 Å². The molecule has 11 heteroatoms. The number of nitrogens with two attached hydrogens (primary N) is 1. The number of carbonyl (C=O) groups excluding carboxylic acids is 1. The maximum absolute atomic E-state index is 15.0. The molecule has 4 N–H and O–H groups in total. The number of ether oxygens (including phenoxy) is 2. The molecule has 0 radical (unpaired) electrons. The van der Waals surface area contributed by atoms with Gasteiger partial charge in [0.15, 0.2) is 17.2 Å². The lowest BCUT2D eigenvalue weighted by molar-refractivity contribution is -0.114. The fourth-order valence-corrected chi connectivity index (χ4v) is 2.48. The summed E-state index contributed by atoms with van der Waals surface area (Å²) < 4.78 is 25.9. The van der Waals surface area contributed by atoms with Crippen molar-refractivity contribution in [3.8, 4) is 29.0 Å². The van der Waals surface area contributed by atoms with Gasteiger partial charge in [-0.1, -0.05) is 23.4 Å². The van der Waals surface area contributed by atoms with E-state index in [1.165, 1.54) is 38.4 Å². The van der Waals surface area contributed by atoms with Crippen LogP contribution in [0, 0.1) is 5.82 Å². The highest BCUT2D eigenvalue weighted by Crippen LogP contribution is 2.37. The summed E-state index contributed by atoms with van der Waals surface area (Å²) in [6.45, 7) is 0. The van der Waals surface area contributed by atoms with E-state index in [0.29, 0.717) is 0 Å². The number of amides is 1. The van der Waals surface area contributed by atoms with Crippen molar-refractivity contribution in [2.24, 2.45) is 5.16 Å². The number of nitrogen functional groups attached to an aromatic ring is 1.